The number of esters is 2. The Morgan fingerprint density at radius 3 is 2.75 bits per heavy atom. The molecule has 2 aromatic carbocycles. The van der Waals surface area contributed by atoms with Crippen molar-refractivity contribution in [1.29, 1.82) is 0 Å². The molecule has 1 fully saturated rings. The molecular weight excluding hydrogens is 412 g/mol. The van der Waals surface area contributed by atoms with Crippen molar-refractivity contribution in [2.45, 2.75) is 58.0 Å². The van der Waals surface area contributed by atoms with Gasteiger partial charge in [-0.1, -0.05) is 30.3 Å². The number of fused-ring (bicyclic) bond motifs is 1. The normalized spacial score (nSPS) is 21.0. The van der Waals surface area contributed by atoms with Crippen molar-refractivity contribution in [2.75, 3.05) is 13.7 Å². The van der Waals surface area contributed by atoms with Crippen molar-refractivity contribution < 1.29 is 33.3 Å². The third-order valence-corrected chi connectivity index (χ3v) is 6.02. The number of rotatable bonds is 10. The monoisotopic (exact) mass is 440 g/mol. The number of carbonyl (C=O) groups is 2. The molecule has 7 nitrogen and oxygen atoms in total. The van der Waals surface area contributed by atoms with Crippen LogP contribution in [0.15, 0.2) is 36.4 Å². The summed E-state index contributed by atoms with van der Waals surface area (Å²) in [7, 11) is 1.57. The van der Waals surface area contributed by atoms with Gasteiger partial charge in [-0.15, -0.1) is 0 Å². The molecule has 0 aliphatic carbocycles. The number of benzene rings is 2. The molecule has 0 unspecified atom stereocenters. The zero-order valence-electron chi connectivity index (χ0n) is 18.6. The van der Waals surface area contributed by atoms with E-state index in [2.05, 4.69) is 0 Å². The van der Waals surface area contributed by atoms with Crippen LogP contribution in [-0.4, -0.2) is 37.4 Å². The Kier molecular flexibility index (Phi) is 6.37. The Bertz CT molecular complexity index is 1000. The zero-order chi connectivity index (χ0) is 22.7. The number of carbonyl (C=O) groups excluding carboxylic acids is 2. The van der Waals surface area contributed by atoms with Gasteiger partial charge in [0, 0.05) is 24.0 Å². The SMILES string of the molecule is CCOC(=O)CC[C@]1(C)O[C@H]1Cc1c(OC)cc2c(c1OCc1ccccc1)COC2=O. The Balaban J connectivity index is 1.57. The quantitative estimate of drug-likeness (QED) is 0.408. The van der Waals surface area contributed by atoms with Crippen molar-refractivity contribution in [3.8, 4) is 11.5 Å². The molecule has 4 rings (SSSR count). The van der Waals surface area contributed by atoms with Gasteiger partial charge in [-0.3, -0.25) is 4.79 Å². The van der Waals surface area contributed by atoms with Crippen LogP contribution in [0.3, 0.4) is 0 Å². The Labute approximate surface area is 187 Å². The molecule has 32 heavy (non-hydrogen) atoms. The largest absolute Gasteiger partial charge is 0.496 e. The van der Waals surface area contributed by atoms with E-state index in [1.54, 1.807) is 20.1 Å². The maximum atomic E-state index is 12.2. The van der Waals surface area contributed by atoms with E-state index in [0.29, 0.717) is 49.5 Å². The summed E-state index contributed by atoms with van der Waals surface area (Å²) >= 11 is 0. The van der Waals surface area contributed by atoms with E-state index in [0.717, 1.165) is 16.7 Å². The molecule has 0 radical (unpaired) electrons. The smallest absolute Gasteiger partial charge is 0.339 e. The summed E-state index contributed by atoms with van der Waals surface area (Å²) in [5.74, 6) is 0.572. The van der Waals surface area contributed by atoms with E-state index in [1.807, 2.05) is 37.3 Å². The first-order valence-electron chi connectivity index (χ1n) is 10.8. The van der Waals surface area contributed by atoms with Crippen LogP contribution in [0, 0.1) is 0 Å². The highest BCUT2D eigenvalue weighted by molar-refractivity contribution is 5.95. The van der Waals surface area contributed by atoms with E-state index >= 15 is 0 Å². The van der Waals surface area contributed by atoms with Crippen LogP contribution in [0.2, 0.25) is 0 Å². The topological polar surface area (TPSA) is 83.6 Å². The second-order valence-electron chi connectivity index (χ2n) is 8.19. The first-order valence-corrected chi connectivity index (χ1v) is 10.8. The highest BCUT2D eigenvalue weighted by Crippen LogP contribution is 2.47. The lowest BCUT2D eigenvalue weighted by Crippen LogP contribution is -2.16. The molecular formula is C25H28O7. The van der Waals surface area contributed by atoms with Crippen molar-refractivity contribution in [2.24, 2.45) is 0 Å². The maximum Gasteiger partial charge on any atom is 0.339 e. The molecule has 0 spiro atoms. The molecule has 0 saturated carbocycles. The predicted octanol–water partition coefficient (Wildman–Crippen LogP) is 3.99. The number of hydrogen-bond donors (Lipinski definition) is 0. The Morgan fingerprint density at radius 2 is 2.03 bits per heavy atom. The molecule has 0 amide bonds. The van der Waals surface area contributed by atoms with Gasteiger partial charge in [0.15, 0.2) is 0 Å². The molecule has 2 heterocycles. The third-order valence-electron chi connectivity index (χ3n) is 6.02. The van der Waals surface area contributed by atoms with Crippen LogP contribution in [0.4, 0.5) is 0 Å². The summed E-state index contributed by atoms with van der Waals surface area (Å²) in [6, 6.07) is 11.5. The van der Waals surface area contributed by atoms with Crippen LogP contribution >= 0.6 is 0 Å². The minimum Gasteiger partial charge on any atom is -0.496 e. The minimum absolute atomic E-state index is 0.0963. The number of hydrogen-bond acceptors (Lipinski definition) is 7. The Morgan fingerprint density at radius 1 is 1.25 bits per heavy atom. The van der Waals surface area contributed by atoms with Crippen LogP contribution in [0.1, 0.15) is 53.7 Å². The van der Waals surface area contributed by atoms with E-state index in [-0.39, 0.29) is 24.6 Å². The van der Waals surface area contributed by atoms with Crippen molar-refractivity contribution in [3.63, 3.8) is 0 Å². The minimum atomic E-state index is -0.417. The van der Waals surface area contributed by atoms with E-state index < -0.39 is 5.60 Å². The second kappa shape index (κ2) is 9.20. The summed E-state index contributed by atoms with van der Waals surface area (Å²) in [6.45, 7) is 4.68. The standard InChI is InChI=1S/C25H28O7/c1-4-29-22(26)10-11-25(2)21(32-25)13-18-20(28-3)12-17-19(15-31-24(17)27)23(18)30-14-16-8-6-5-7-9-16/h5-9,12,21H,4,10-11,13-15H2,1-3H3/t21-,25-/m0/s1. The third kappa shape index (κ3) is 4.58. The van der Waals surface area contributed by atoms with Crippen LogP contribution in [0.25, 0.3) is 0 Å². The Hall–Kier alpha value is -3.06. The maximum absolute atomic E-state index is 12.2. The van der Waals surface area contributed by atoms with Crippen LogP contribution in [0.5, 0.6) is 11.5 Å². The van der Waals surface area contributed by atoms with Crippen LogP contribution in [-0.2, 0) is 38.6 Å². The lowest BCUT2D eigenvalue weighted by molar-refractivity contribution is -0.143. The molecule has 0 aromatic heterocycles. The number of methoxy groups -OCH3 is 1. The zero-order valence-corrected chi connectivity index (χ0v) is 18.6. The lowest BCUT2D eigenvalue weighted by atomic mass is 9.93. The van der Waals surface area contributed by atoms with Gasteiger partial charge in [0.05, 0.1) is 31.0 Å². The fourth-order valence-electron chi connectivity index (χ4n) is 4.08. The van der Waals surface area contributed by atoms with Gasteiger partial charge in [0.25, 0.3) is 0 Å². The van der Waals surface area contributed by atoms with E-state index in [4.69, 9.17) is 23.7 Å². The van der Waals surface area contributed by atoms with Gasteiger partial charge in [0.2, 0.25) is 0 Å². The molecule has 7 heteroatoms. The molecule has 2 aliphatic rings. The van der Waals surface area contributed by atoms with Crippen molar-refractivity contribution in [1.82, 2.24) is 0 Å². The van der Waals surface area contributed by atoms with Crippen molar-refractivity contribution >= 4 is 11.9 Å². The van der Waals surface area contributed by atoms with Gasteiger partial charge in [-0.25, -0.2) is 4.79 Å². The summed E-state index contributed by atoms with van der Waals surface area (Å²) < 4.78 is 28.1. The van der Waals surface area contributed by atoms with E-state index in [9.17, 15) is 9.59 Å². The fraction of sp³-hybridized carbons (Fsp3) is 0.440. The first-order chi connectivity index (χ1) is 15.4. The molecule has 0 N–H and O–H groups in total. The molecule has 2 atom stereocenters. The summed E-state index contributed by atoms with van der Waals surface area (Å²) in [6.07, 6.45) is 1.32. The molecule has 0 bridgehead atoms. The highest BCUT2D eigenvalue weighted by atomic mass is 16.6. The van der Waals surface area contributed by atoms with Gasteiger partial charge >= 0.3 is 11.9 Å². The average molecular weight is 440 g/mol. The number of cyclic esters (lactones) is 1. The van der Waals surface area contributed by atoms with Crippen molar-refractivity contribution in [3.05, 3.63) is 58.7 Å². The van der Waals surface area contributed by atoms with Gasteiger partial charge in [-0.2, -0.15) is 0 Å². The predicted molar refractivity (Wildman–Crippen MR) is 116 cm³/mol. The summed E-state index contributed by atoms with van der Waals surface area (Å²) in [5.41, 5.74) is 2.64. The van der Waals surface area contributed by atoms with Gasteiger partial charge in [0.1, 0.15) is 24.7 Å². The number of epoxide rings is 1. The molecule has 2 aromatic rings. The van der Waals surface area contributed by atoms with Gasteiger partial charge < -0.3 is 23.7 Å². The fourth-order valence-corrected chi connectivity index (χ4v) is 4.08. The molecule has 1 saturated heterocycles. The van der Waals surface area contributed by atoms with Crippen LogP contribution < -0.4 is 9.47 Å². The van der Waals surface area contributed by atoms with Gasteiger partial charge in [-0.05, 0) is 31.9 Å². The summed E-state index contributed by atoms with van der Waals surface area (Å²) in [4.78, 5) is 24.0. The molecule has 170 valence electrons. The average Bonchev–Trinajstić information content (AvgIpc) is 3.29. The highest BCUT2D eigenvalue weighted by Gasteiger charge is 2.52. The number of ether oxygens (including phenoxy) is 5. The van der Waals surface area contributed by atoms with E-state index in [1.165, 1.54) is 0 Å². The summed E-state index contributed by atoms with van der Waals surface area (Å²) in [5, 5.41) is 0. The molecule has 2 aliphatic heterocycles. The first kappa shape index (κ1) is 22.1. The second-order valence-corrected chi connectivity index (χ2v) is 8.19. The lowest BCUT2D eigenvalue weighted by Gasteiger charge is -2.18.